The molecule has 0 atom stereocenters. The minimum absolute atomic E-state index is 0.247. The lowest BCUT2D eigenvalue weighted by Gasteiger charge is -2.35. The fraction of sp³-hybridized carbons (Fsp3) is 0.500. The minimum Gasteiger partial charge on any atom is -0.338 e. The van der Waals surface area contributed by atoms with Crippen LogP contribution in [-0.4, -0.2) is 16.7 Å². The van der Waals surface area contributed by atoms with E-state index >= 15 is 0 Å². The van der Waals surface area contributed by atoms with Gasteiger partial charge in [-0.15, -0.1) is 0 Å². The summed E-state index contributed by atoms with van der Waals surface area (Å²) in [5.41, 5.74) is 6.11. The van der Waals surface area contributed by atoms with Gasteiger partial charge in [0.1, 0.15) is 5.82 Å². The summed E-state index contributed by atoms with van der Waals surface area (Å²) in [4.78, 5) is 4.44. The van der Waals surface area contributed by atoms with Crippen LogP contribution < -0.4 is 5.73 Å². The second-order valence-electron chi connectivity index (χ2n) is 6.07. The van der Waals surface area contributed by atoms with Crippen molar-refractivity contribution in [1.82, 2.24) is 10.1 Å². The fourth-order valence-corrected chi connectivity index (χ4v) is 3.01. The maximum absolute atomic E-state index is 13.8. The Morgan fingerprint density at radius 1 is 1.33 bits per heavy atom. The van der Waals surface area contributed by atoms with Crippen molar-refractivity contribution in [3.8, 4) is 11.4 Å². The average molecular weight is 289 g/mol. The maximum Gasteiger partial charge on any atom is 0.234 e. The number of hydrogen-bond donors (Lipinski definition) is 1. The number of nitrogens with zero attached hydrogens (tertiary/aromatic N) is 2. The normalized spacial score (nSPS) is 26.0. The largest absolute Gasteiger partial charge is 0.338 e. The molecular formula is C16H20FN3O. The topological polar surface area (TPSA) is 64.9 Å². The van der Waals surface area contributed by atoms with Gasteiger partial charge in [-0.3, -0.25) is 0 Å². The molecule has 1 saturated carbocycles. The monoisotopic (exact) mass is 289 g/mol. The molecule has 1 aliphatic rings. The van der Waals surface area contributed by atoms with E-state index in [1.54, 1.807) is 18.2 Å². The van der Waals surface area contributed by atoms with Gasteiger partial charge in [-0.1, -0.05) is 24.2 Å². The number of nitrogens with two attached hydrogens (primary N) is 1. The molecule has 0 unspecified atom stereocenters. The van der Waals surface area contributed by atoms with Gasteiger partial charge >= 0.3 is 0 Å². The lowest BCUT2D eigenvalue weighted by atomic mass is 9.71. The van der Waals surface area contributed by atoms with Crippen LogP contribution in [0, 0.1) is 11.7 Å². The molecule has 2 N–H and O–H groups in total. The van der Waals surface area contributed by atoms with Crippen molar-refractivity contribution in [3.63, 3.8) is 0 Å². The Bertz CT molecular complexity index is 617. The molecule has 4 nitrogen and oxygen atoms in total. The molecule has 0 amide bonds. The third-order valence-electron chi connectivity index (χ3n) is 4.62. The highest BCUT2D eigenvalue weighted by atomic mass is 19.1. The molecule has 112 valence electrons. The molecule has 0 saturated heterocycles. The Morgan fingerprint density at radius 2 is 2.05 bits per heavy atom. The maximum atomic E-state index is 13.8. The molecule has 0 bridgehead atoms. The van der Waals surface area contributed by atoms with E-state index < -0.39 is 0 Å². The molecule has 0 spiro atoms. The van der Waals surface area contributed by atoms with Gasteiger partial charge in [0.15, 0.2) is 0 Å². The van der Waals surface area contributed by atoms with Gasteiger partial charge in [-0.2, -0.15) is 4.98 Å². The predicted octanol–water partition coefficient (Wildman–Crippen LogP) is 3.28. The molecule has 1 aromatic heterocycles. The molecule has 2 aromatic rings. The highest BCUT2D eigenvalue weighted by Crippen LogP contribution is 2.40. The summed E-state index contributed by atoms with van der Waals surface area (Å²) in [6.45, 7) is 2.73. The highest BCUT2D eigenvalue weighted by Gasteiger charge is 2.39. The van der Waals surface area contributed by atoms with Gasteiger partial charge in [0, 0.05) is 6.54 Å². The summed E-state index contributed by atoms with van der Waals surface area (Å²) in [5, 5.41) is 3.95. The first-order valence-electron chi connectivity index (χ1n) is 7.44. The van der Waals surface area contributed by atoms with Crippen molar-refractivity contribution in [1.29, 1.82) is 0 Å². The summed E-state index contributed by atoms with van der Waals surface area (Å²) < 4.78 is 19.2. The van der Waals surface area contributed by atoms with Crippen LogP contribution >= 0.6 is 0 Å². The molecule has 0 aliphatic heterocycles. The quantitative estimate of drug-likeness (QED) is 0.941. The number of aromatic nitrogens is 2. The second kappa shape index (κ2) is 5.56. The summed E-state index contributed by atoms with van der Waals surface area (Å²) in [6.07, 6.45) is 4.11. The van der Waals surface area contributed by atoms with Crippen molar-refractivity contribution in [2.45, 2.75) is 38.0 Å². The van der Waals surface area contributed by atoms with Crippen LogP contribution in [0.1, 0.15) is 38.5 Å². The van der Waals surface area contributed by atoms with Crippen LogP contribution in [0.3, 0.4) is 0 Å². The zero-order chi connectivity index (χ0) is 14.9. The van der Waals surface area contributed by atoms with E-state index in [0.717, 1.165) is 25.7 Å². The Labute approximate surface area is 123 Å². The van der Waals surface area contributed by atoms with Crippen LogP contribution in [0.5, 0.6) is 0 Å². The summed E-state index contributed by atoms with van der Waals surface area (Å²) >= 11 is 0. The first kappa shape index (κ1) is 14.2. The molecule has 0 radical (unpaired) electrons. The smallest absolute Gasteiger partial charge is 0.234 e. The van der Waals surface area contributed by atoms with Crippen LogP contribution in [0.2, 0.25) is 0 Å². The lowest BCUT2D eigenvalue weighted by molar-refractivity contribution is 0.191. The Balaban J connectivity index is 1.92. The van der Waals surface area contributed by atoms with E-state index in [1.807, 2.05) is 0 Å². The zero-order valence-electron chi connectivity index (χ0n) is 12.2. The molecule has 1 fully saturated rings. The van der Waals surface area contributed by atoms with E-state index in [4.69, 9.17) is 10.3 Å². The summed E-state index contributed by atoms with van der Waals surface area (Å²) in [6, 6.07) is 6.45. The van der Waals surface area contributed by atoms with E-state index in [2.05, 4.69) is 17.1 Å². The Morgan fingerprint density at radius 3 is 2.71 bits per heavy atom. The van der Waals surface area contributed by atoms with E-state index in [1.165, 1.54) is 6.07 Å². The Hall–Kier alpha value is -1.75. The number of rotatable bonds is 3. The first-order chi connectivity index (χ1) is 10.1. The van der Waals surface area contributed by atoms with Gasteiger partial charge in [0.2, 0.25) is 11.7 Å². The van der Waals surface area contributed by atoms with Crippen LogP contribution in [0.25, 0.3) is 11.4 Å². The standard InChI is InChI=1S/C16H20FN3O/c1-11-6-8-16(10-18,9-7-11)15-19-14(20-21-15)12-4-2-3-5-13(12)17/h2-5,11H,6-10,18H2,1H3. The van der Waals surface area contributed by atoms with Gasteiger partial charge < -0.3 is 10.3 Å². The van der Waals surface area contributed by atoms with Crippen molar-refractivity contribution in [2.24, 2.45) is 11.7 Å². The molecule has 5 heteroatoms. The molecule has 3 rings (SSSR count). The Kier molecular flexibility index (Phi) is 3.76. The SMILES string of the molecule is CC1CCC(CN)(c2nc(-c3ccccc3F)no2)CC1. The van der Waals surface area contributed by atoms with Crippen LogP contribution in [0.15, 0.2) is 28.8 Å². The number of benzene rings is 1. The summed E-state index contributed by atoms with van der Waals surface area (Å²) in [7, 11) is 0. The third kappa shape index (κ3) is 2.58. The van der Waals surface area contributed by atoms with Gasteiger partial charge in [-0.25, -0.2) is 4.39 Å². The van der Waals surface area contributed by atoms with Crippen molar-refractivity contribution in [2.75, 3.05) is 6.54 Å². The van der Waals surface area contributed by atoms with Gasteiger partial charge in [0.25, 0.3) is 0 Å². The van der Waals surface area contributed by atoms with Gasteiger partial charge in [0.05, 0.1) is 11.0 Å². The second-order valence-corrected chi connectivity index (χ2v) is 6.07. The summed E-state index contributed by atoms with van der Waals surface area (Å²) in [5.74, 6) is 1.22. The minimum atomic E-state index is -0.344. The van der Waals surface area contributed by atoms with Gasteiger partial charge in [-0.05, 0) is 43.7 Å². The molecule has 1 aromatic carbocycles. The average Bonchev–Trinajstić information content (AvgIpc) is 2.99. The molecule has 21 heavy (non-hydrogen) atoms. The molecular weight excluding hydrogens is 269 g/mol. The predicted molar refractivity (Wildman–Crippen MR) is 78.1 cm³/mol. The van der Waals surface area contributed by atoms with E-state index in [9.17, 15) is 4.39 Å². The highest BCUT2D eigenvalue weighted by molar-refractivity contribution is 5.54. The zero-order valence-corrected chi connectivity index (χ0v) is 12.2. The van der Waals surface area contributed by atoms with E-state index in [0.29, 0.717) is 29.7 Å². The third-order valence-corrected chi connectivity index (χ3v) is 4.62. The molecule has 1 aliphatic carbocycles. The van der Waals surface area contributed by atoms with E-state index in [-0.39, 0.29) is 11.2 Å². The van der Waals surface area contributed by atoms with Crippen LogP contribution in [-0.2, 0) is 5.41 Å². The lowest BCUT2D eigenvalue weighted by Crippen LogP contribution is -2.39. The number of halogens is 1. The number of hydrogen-bond acceptors (Lipinski definition) is 4. The van der Waals surface area contributed by atoms with Crippen LogP contribution in [0.4, 0.5) is 4.39 Å². The van der Waals surface area contributed by atoms with Crippen molar-refractivity contribution in [3.05, 3.63) is 36.0 Å². The fourth-order valence-electron chi connectivity index (χ4n) is 3.01. The molecule has 1 heterocycles. The van der Waals surface area contributed by atoms with Crippen molar-refractivity contribution < 1.29 is 8.91 Å². The first-order valence-corrected chi connectivity index (χ1v) is 7.44. The van der Waals surface area contributed by atoms with Crippen molar-refractivity contribution >= 4 is 0 Å².